The molecule has 0 saturated heterocycles. The van der Waals surface area contributed by atoms with E-state index in [1.165, 1.54) is 10.6 Å². The SMILES string of the molecule is Cc1nn2c(Cl)cc(C(=O)O)nc2c1Cl. The van der Waals surface area contributed by atoms with Crippen molar-refractivity contribution in [2.45, 2.75) is 6.92 Å². The lowest BCUT2D eigenvalue weighted by molar-refractivity contribution is 0.0690. The van der Waals surface area contributed by atoms with E-state index >= 15 is 0 Å². The zero-order valence-corrected chi connectivity index (χ0v) is 9.04. The van der Waals surface area contributed by atoms with Crippen molar-refractivity contribution >= 4 is 34.8 Å². The summed E-state index contributed by atoms with van der Waals surface area (Å²) in [5.41, 5.74) is 0.641. The Balaban J connectivity index is 2.85. The van der Waals surface area contributed by atoms with E-state index in [-0.39, 0.29) is 16.5 Å². The Morgan fingerprint density at radius 1 is 1.53 bits per heavy atom. The molecule has 5 nitrogen and oxygen atoms in total. The second kappa shape index (κ2) is 3.36. The lowest BCUT2D eigenvalue weighted by Gasteiger charge is -1.98. The van der Waals surface area contributed by atoms with Crippen LogP contribution in [-0.4, -0.2) is 25.7 Å². The van der Waals surface area contributed by atoms with Crippen LogP contribution in [0.2, 0.25) is 10.2 Å². The number of carboxylic acids is 1. The van der Waals surface area contributed by atoms with Crippen molar-refractivity contribution in [2.24, 2.45) is 0 Å². The number of nitrogens with zero attached hydrogens (tertiary/aromatic N) is 3. The first-order chi connectivity index (χ1) is 7.00. The predicted molar refractivity (Wildman–Crippen MR) is 54.7 cm³/mol. The second-order valence-corrected chi connectivity index (χ2v) is 3.67. The van der Waals surface area contributed by atoms with Gasteiger partial charge in [0.1, 0.15) is 10.2 Å². The number of hydrogen-bond acceptors (Lipinski definition) is 3. The number of carbonyl (C=O) groups is 1. The molecule has 15 heavy (non-hydrogen) atoms. The van der Waals surface area contributed by atoms with Crippen LogP contribution in [-0.2, 0) is 0 Å². The molecule has 0 unspecified atom stereocenters. The Morgan fingerprint density at radius 2 is 2.20 bits per heavy atom. The fraction of sp³-hybridized carbons (Fsp3) is 0.125. The lowest BCUT2D eigenvalue weighted by atomic mass is 10.4. The summed E-state index contributed by atoms with van der Waals surface area (Å²) in [6.07, 6.45) is 0. The smallest absolute Gasteiger partial charge is 0.354 e. The third-order valence-corrected chi connectivity index (χ3v) is 2.58. The van der Waals surface area contributed by atoms with Crippen LogP contribution in [0.4, 0.5) is 0 Å². The Hall–Kier alpha value is -1.33. The van der Waals surface area contributed by atoms with Gasteiger partial charge in [0.2, 0.25) is 0 Å². The molecule has 2 heterocycles. The van der Waals surface area contributed by atoms with Crippen LogP contribution in [0.15, 0.2) is 6.07 Å². The Morgan fingerprint density at radius 3 is 2.80 bits per heavy atom. The number of aromatic nitrogens is 3. The van der Waals surface area contributed by atoms with Crippen LogP contribution in [0.1, 0.15) is 16.2 Å². The summed E-state index contributed by atoms with van der Waals surface area (Å²) < 4.78 is 1.30. The van der Waals surface area contributed by atoms with Gasteiger partial charge in [0.05, 0.1) is 5.69 Å². The minimum absolute atomic E-state index is 0.158. The van der Waals surface area contributed by atoms with E-state index in [2.05, 4.69) is 10.1 Å². The molecule has 7 heteroatoms. The maximum atomic E-state index is 10.7. The van der Waals surface area contributed by atoms with Gasteiger partial charge in [-0.05, 0) is 6.92 Å². The number of halogens is 2. The van der Waals surface area contributed by atoms with Crippen molar-refractivity contribution in [3.63, 3.8) is 0 Å². The van der Waals surface area contributed by atoms with Gasteiger partial charge in [0, 0.05) is 6.07 Å². The molecule has 2 aromatic rings. The van der Waals surface area contributed by atoms with E-state index in [1.54, 1.807) is 6.92 Å². The molecule has 0 spiro atoms. The molecular weight excluding hydrogens is 241 g/mol. The van der Waals surface area contributed by atoms with Crippen molar-refractivity contribution in [3.05, 3.63) is 27.6 Å². The van der Waals surface area contributed by atoms with Gasteiger partial charge in [-0.3, -0.25) is 0 Å². The summed E-state index contributed by atoms with van der Waals surface area (Å²) in [4.78, 5) is 14.6. The third kappa shape index (κ3) is 1.53. The molecular formula is C8H5Cl2N3O2. The first-order valence-electron chi connectivity index (χ1n) is 3.95. The van der Waals surface area contributed by atoms with Crippen molar-refractivity contribution in [1.82, 2.24) is 14.6 Å². The highest BCUT2D eigenvalue weighted by atomic mass is 35.5. The Bertz CT molecular complexity index is 565. The molecule has 2 aromatic heterocycles. The van der Waals surface area contributed by atoms with Crippen molar-refractivity contribution < 1.29 is 9.90 Å². The highest BCUT2D eigenvalue weighted by Crippen LogP contribution is 2.23. The minimum Gasteiger partial charge on any atom is -0.477 e. The van der Waals surface area contributed by atoms with Gasteiger partial charge in [0.15, 0.2) is 11.3 Å². The molecule has 0 bridgehead atoms. The van der Waals surface area contributed by atoms with Gasteiger partial charge in [0.25, 0.3) is 0 Å². The summed E-state index contributed by atoms with van der Waals surface area (Å²) in [5.74, 6) is -1.16. The lowest BCUT2D eigenvalue weighted by Crippen LogP contribution is -2.03. The fourth-order valence-corrected chi connectivity index (χ4v) is 1.55. The fourth-order valence-electron chi connectivity index (χ4n) is 1.17. The first-order valence-corrected chi connectivity index (χ1v) is 4.71. The van der Waals surface area contributed by atoms with E-state index < -0.39 is 5.97 Å². The molecule has 0 aliphatic carbocycles. The average molecular weight is 246 g/mol. The van der Waals surface area contributed by atoms with E-state index in [0.29, 0.717) is 10.7 Å². The molecule has 0 aromatic carbocycles. The van der Waals surface area contributed by atoms with E-state index in [0.717, 1.165) is 0 Å². The number of rotatable bonds is 1. The molecule has 2 rings (SSSR count). The highest BCUT2D eigenvalue weighted by Gasteiger charge is 2.15. The minimum atomic E-state index is -1.16. The summed E-state index contributed by atoms with van der Waals surface area (Å²) in [5, 5.41) is 13.2. The van der Waals surface area contributed by atoms with E-state index in [9.17, 15) is 4.79 Å². The van der Waals surface area contributed by atoms with E-state index in [4.69, 9.17) is 28.3 Å². The molecule has 0 fully saturated rings. The number of fused-ring (bicyclic) bond motifs is 1. The molecule has 0 amide bonds. The van der Waals surface area contributed by atoms with Gasteiger partial charge in [-0.1, -0.05) is 23.2 Å². The molecule has 1 N–H and O–H groups in total. The molecule has 0 aliphatic heterocycles. The quantitative estimate of drug-likeness (QED) is 0.782. The standard InChI is InChI=1S/C8H5Cl2N3O2/c1-3-6(10)7-11-4(8(14)15)2-5(9)13(7)12-3/h2H,1H3,(H,14,15). The van der Waals surface area contributed by atoms with Gasteiger partial charge in [-0.2, -0.15) is 5.10 Å². The van der Waals surface area contributed by atoms with Gasteiger partial charge in [-0.15, -0.1) is 0 Å². The number of aromatic carboxylic acids is 1. The zero-order valence-electron chi connectivity index (χ0n) is 7.53. The molecule has 0 saturated carbocycles. The molecule has 78 valence electrons. The topological polar surface area (TPSA) is 67.5 Å². The van der Waals surface area contributed by atoms with Crippen molar-refractivity contribution in [1.29, 1.82) is 0 Å². The maximum Gasteiger partial charge on any atom is 0.354 e. The van der Waals surface area contributed by atoms with Gasteiger partial charge >= 0.3 is 5.97 Å². The number of aryl methyl sites for hydroxylation is 1. The van der Waals surface area contributed by atoms with Crippen LogP contribution in [0.5, 0.6) is 0 Å². The number of carboxylic acid groups (broad SMARTS) is 1. The normalized spacial score (nSPS) is 10.9. The van der Waals surface area contributed by atoms with Gasteiger partial charge in [-0.25, -0.2) is 14.3 Å². The highest BCUT2D eigenvalue weighted by molar-refractivity contribution is 6.35. The number of hydrogen-bond donors (Lipinski definition) is 1. The Kier molecular flexibility index (Phi) is 2.28. The monoisotopic (exact) mass is 245 g/mol. The maximum absolute atomic E-state index is 10.7. The summed E-state index contributed by atoms with van der Waals surface area (Å²) in [7, 11) is 0. The molecule has 0 radical (unpaired) electrons. The van der Waals surface area contributed by atoms with E-state index in [1.807, 2.05) is 0 Å². The largest absolute Gasteiger partial charge is 0.477 e. The van der Waals surface area contributed by atoms with Crippen LogP contribution in [0, 0.1) is 6.92 Å². The first kappa shape index (κ1) is 10.2. The van der Waals surface area contributed by atoms with Crippen molar-refractivity contribution in [2.75, 3.05) is 0 Å². The van der Waals surface area contributed by atoms with Crippen LogP contribution in [0.3, 0.4) is 0 Å². The van der Waals surface area contributed by atoms with Crippen LogP contribution >= 0.6 is 23.2 Å². The van der Waals surface area contributed by atoms with Crippen molar-refractivity contribution in [3.8, 4) is 0 Å². The molecule has 0 aliphatic rings. The Labute approximate surface area is 94.2 Å². The summed E-state index contributed by atoms with van der Waals surface area (Å²) in [6.45, 7) is 1.69. The zero-order chi connectivity index (χ0) is 11.2. The summed E-state index contributed by atoms with van der Waals surface area (Å²) >= 11 is 11.7. The predicted octanol–water partition coefficient (Wildman–Crippen LogP) is 2.04. The van der Waals surface area contributed by atoms with Crippen LogP contribution in [0.25, 0.3) is 5.65 Å². The third-order valence-electron chi connectivity index (χ3n) is 1.87. The van der Waals surface area contributed by atoms with Crippen LogP contribution < -0.4 is 0 Å². The summed E-state index contributed by atoms with van der Waals surface area (Å²) in [6, 6.07) is 1.22. The molecule has 0 atom stereocenters. The van der Waals surface area contributed by atoms with Gasteiger partial charge < -0.3 is 5.11 Å². The second-order valence-electron chi connectivity index (χ2n) is 2.90. The average Bonchev–Trinajstić information content (AvgIpc) is 2.45.